The minimum Gasteiger partial charge on any atom is -0.507 e. The van der Waals surface area contributed by atoms with Crippen molar-refractivity contribution in [2.75, 3.05) is 23.4 Å². The van der Waals surface area contributed by atoms with E-state index in [9.17, 15) is 14.7 Å². The van der Waals surface area contributed by atoms with Crippen molar-refractivity contribution in [1.82, 2.24) is 0 Å². The van der Waals surface area contributed by atoms with Crippen LogP contribution in [0.5, 0.6) is 11.5 Å². The molecule has 0 saturated carbocycles. The van der Waals surface area contributed by atoms with Crippen LogP contribution < -0.4 is 15.0 Å². The zero-order chi connectivity index (χ0) is 36.3. The molecule has 1 aliphatic carbocycles. The molecule has 8 rings (SSSR count). The zero-order valence-electron chi connectivity index (χ0n) is 29.0. The number of aromatic hydroxyl groups is 1. The van der Waals surface area contributed by atoms with Gasteiger partial charge < -0.3 is 19.9 Å². The quantitative estimate of drug-likeness (QED) is 0.0791. The number of hydrogen-bond donors (Lipinski definition) is 2. The molecule has 8 heteroatoms. The molecule has 5 aromatic rings. The third-order valence-corrected chi connectivity index (χ3v) is 11.0. The topological polar surface area (TPSA) is 88.1 Å². The molecule has 2 fully saturated rings. The number of fused-ring (bicyclic) bond motifs is 3. The lowest BCUT2D eigenvalue weighted by Gasteiger charge is -2.31. The van der Waals surface area contributed by atoms with E-state index in [0.717, 1.165) is 49.4 Å². The number of halogens is 1. The fourth-order valence-electron chi connectivity index (χ4n) is 8.00. The van der Waals surface area contributed by atoms with Crippen molar-refractivity contribution in [3.05, 3.63) is 160 Å². The number of imide groups is 1. The minimum atomic E-state index is -0.507. The molecule has 5 aromatic carbocycles. The maximum Gasteiger partial charge on any atom is 0.238 e. The lowest BCUT2D eigenvalue weighted by molar-refractivity contribution is -0.122. The van der Waals surface area contributed by atoms with Crippen molar-refractivity contribution in [1.29, 1.82) is 0 Å². The van der Waals surface area contributed by atoms with Crippen molar-refractivity contribution >= 4 is 56.5 Å². The van der Waals surface area contributed by atoms with Crippen LogP contribution in [0.2, 0.25) is 0 Å². The highest BCUT2D eigenvalue weighted by molar-refractivity contribution is 9.10. The summed E-state index contributed by atoms with van der Waals surface area (Å²) < 4.78 is 13.8. The first-order valence-electron chi connectivity index (χ1n) is 18.0. The summed E-state index contributed by atoms with van der Waals surface area (Å²) >= 11 is 3.54. The second-order valence-electron chi connectivity index (χ2n) is 13.8. The van der Waals surface area contributed by atoms with Gasteiger partial charge in [0.15, 0.2) is 0 Å². The van der Waals surface area contributed by atoms with Gasteiger partial charge in [-0.3, -0.25) is 14.5 Å². The van der Waals surface area contributed by atoms with Gasteiger partial charge in [-0.05, 0) is 114 Å². The van der Waals surface area contributed by atoms with E-state index in [2.05, 4.69) is 33.4 Å². The largest absolute Gasteiger partial charge is 0.507 e. The highest BCUT2D eigenvalue weighted by Crippen LogP contribution is 2.51. The minimum absolute atomic E-state index is 0.173. The van der Waals surface area contributed by atoms with Crippen LogP contribution >= 0.6 is 15.9 Å². The molecule has 0 bridgehead atoms. The molecule has 0 aromatic heterocycles. The molecule has 2 N–H and O–H groups in total. The summed E-state index contributed by atoms with van der Waals surface area (Å²) in [5.74, 6) is -0.622. The van der Waals surface area contributed by atoms with Gasteiger partial charge in [0.25, 0.3) is 0 Å². The predicted octanol–water partition coefficient (Wildman–Crippen LogP) is 9.82. The Labute approximate surface area is 317 Å². The molecule has 266 valence electrons. The van der Waals surface area contributed by atoms with Gasteiger partial charge in [0.2, 0.25) is 11.8 Å². The van der Waals surface area contributed by atoms with Crippen LogP contribution in [0.15, 0.2) is 149 Å². The van der Waals surface area contributed by atoms with Gasteiger partial charge in [0.1, 0.15) is 18.1 Å². The third kappa shape index (κ3) is 7.30. The Hall–Kier alpha value is -5.44. The Balaban J connectivity index is 1.07. The molecule has 0 spiro atoms. The smallest absolute Gasteiger partial charge is 0.238 e. The van der Waals surface area contributed by atoms with Crippen LogP contribution in [0.25, 0.3) is 11.6 Å². The van der Waals surface area contributed by atoms with Gasteiger partial charge in [0, 0.05) is 27.3 Å². The first kappa shape index (κ1) is 34.6. The van der Waals surface area contributed by atoms with Gasteiger partial charge in [-0.1, -0.05) is 82.7 Å². The first-order chi connectivity index (χ1) is 25.9. The number of carbonyl (C=O) groups is 2. The molecule has 0 radical (unpaired) electrons. The molecule has 2 amide bonds. The number of allylic oxidation sites excluding steroid dienone is 1. The van der Waals surface area contributed by atoms with E-state index in [4.69, 9.17) is 9.47 Å². The number of benzene rings is 5. The lowest BCUT2D eigenvalue weighted by atomic mass is 9.69. The highest BCUT2D eigenvalue weighted by atomic mass is 79.9. The van der Waals surface area contributed by atoms with E-state index in [0.29, 0.717) is 38.2 Å². The van der Waals surface area contributed by atoms with Crippen LogP contribution in [-0.2, 0) is 14.3 Å². The van der Waals surface area contributed by atoms with E-state index < -0.39 is 11.8 Å². The van der Waals surface area contributed by atoms with Gasteiger partial charge in [0.05, 0.1) is 30.2 Å². The molecule has 53 heavy (non-hydrogen) atoms. The number of nitrogens with one attached hydrogen (secondary N) is 1. The van der Waals surface area contributed by atoms with E-state index in [1.807, 2.05) is 121 Å². The zero-order valence-corrected chi connectivity index (χ0v) is 30.6. The fourth-order valence-corrected chi connectivity index (χ4v) is 8.38. The number of anilines is 3. The maximum absolute atomic E-state index is 14.3. The maximum atomic E-state index is 14.3. The highest BCUT2D eigenvalue weighted by Gasteiger charge is 2.57. The SMILES string of the molecule is O=C1[C@@H]2[C@@H](CC(COc3ccccc3)=C3[C@@H](CC/C(=C/c4cc(Br)ccc4O)c4ccccc4)OC[C@@H]32)C(=O)N1c1ccc(Nc2ccccc2)cc1. The van der Waals surface area contributed by atoms with Crippen LogP contribution in [-0.4, -0.2) is 36.2 Å². The fraction of sp³-hybridized carbons (Fsp3) is 0.200. The number of phenols is 1. The number of carbonyl (C=O) groups excluding carboxylic acids is 2. The second-order valence-corrected chi connectivity index (χ2v) is 14.7. The van der Waals surface area contributed by atoms with Crippen LogP contribution in [0, 0.1) is 17.8 Å². The second kappa shape index (κ2) is 15.3. The van der Waals surface area contributed by atoms with Crippen molar-refractivity contribution in [3.8, 4) is 11.5 Å². The van der Waals surface area contributed by atoms with Gasteiger partial charge in [-0.15, -0.1) is 0 Å². The molecule has 7 nitrogen and oxygen atoms in total. The monoisotopic (exact) mass is 766 g/mol. The molecule has 3 aliphatic rings. The van der Waals surface area contributed by atoms with Crippen LogP contribution in [0.3, 0.4) is 0 Å². The number of phenolic OH excluding ortho intramolecular Hbond substituents is 1. The molecule has 2 heterocycles. The summed E-state index contributed by atoms with van der Waals surface area (Å²) in [6.07, 6.45) is 3.55. The summed E-state index contributed by atoms with van der Waals surface area (Å²) in [5.41, 5.74) is 7.35. The van der Waals surface area contributed by atoms with Crippen molar-refractivity contribution in [3.63, 3.8) is 0 Å². The number of rotatable bonds is 11. The lowest BCUT2D eigenvalue weighted by Crippen LogP contribution is -2.35. The van der Waals surface area contributed by atoms with Crippen molar-refractivity contribution in [2.45, 2.75) is 25.4 Å². The molecule has 4 atom stereocenters. The summed E-state index contributed by atoms with van der Waals surface area (Å²) in [5, 5.41) is 14.1. The van der Waals surface area contributed by atoms with E-state index in [1.165, 1.54) is 4.90 Å². The Morgan fingerprint density at radius 1 is 0.830 bits per heavy atom. The molecule has 2 saturated heterocycles. The number of para-hydroxylation sites is 2. The molecule has 2 aliphatic heterocycles. The van der Waals surface area contributed by atoms with Gasteiger partial charge in [-0.25, -0.2) is 0 Å². The van der Waals surface area contributed by atoms with Crippen molar-refractivity contribution in [2.24, 2.45) is 17.8 Å². The number of amides is 2. The Morgan fingerprint density at radius 2 is 1.51 bits per heavy atom. The first-order valence-corrected chi connectivity index (χ1v) is 18.8. The Kier molecular flexibility index (Phi) is 9.98. The predicted molar refractivity (Wildman–Crippen MR) is 212 cm³/mol. The average Bonchev–Trinajstić information content (AvgIpc) is 3.72. The summed E-state index contributed by atoms with van der Waals surface area (Å²) in [6.45, 7) is 0.674. The third-order valence-electron chi connectivity index (χ3n) is 10.5. The Morgan fingerprint density at radius 3 is 2.25 bits per heavy atom. The summed E-state index contributed by atoms with van der Waals surface area (Å²) in [7, 11) is 0. The van der Waals surface area contributed by atoms with Crippen LogP contribution in [0.4, 0.5) is 17.1 Å². The number of ether oxygens (including phenoxy) is 2. The average molecular weight is 768 g/mol. The normalized spacial score (nSPS) is 21.1. The summed E-state index contributed by atoms with van der Waals surface area (Å²) in [4.78, 5) is 29.9. The molecular weight excluding hydrogens is 728 g/mol. The molecule has 0 unspecified atom stereocenters. The Bertz CT molecular complexity index is 2170. The summed E-state index contributed by atoms with van der Waals surface area (Å²) in [6, 6.07) is 42.6. The van der Waals surface area contributed by atoms with Crippen molar-refractivity contribution < 1.29 is 24.2 Å². The number of hydrogen-bond acceptors (Lipinski definition) is 6. The van der Waals surface area contributed by atoms with Crippen LogP contribution in [0.1, 0.15) is 30.4 Å². The molecular formula is C45H39BrN2O5. The van der Waals surface area contributed by atoms with Gasteiger partial charge in [-0.2, -0.15) is 0 Å². The standard InChI is InChI=1S/C45H39BrN2O5/c46-33-17-22-40(49)31(25-33)24-30(29-10-4-1-5-11-29)16-23-41-42-32(27-52-37-14-8-3-9-15-37)26-38-43(39(42)28-53-41)45(51)48(44(38)50)36-20-18-35(19-21-36)47-34-12-6-2-7-13-34/h1-15,17-22,24-25,38-39,41,43,47,49H,16,23,26-28H2/b30-24-/t38-,39+,41-,43-/m1/s1. The van der Waals surface area contributed by atoms with Gasteiger partial charge >= 0.3 is 0 Å². The van der Waals surface area contributed by atoms with E-state index in [1.54, 1.807) is 6.07 Å². The van der Waals surface area contributed by atoms with E-state index >= 15 is 0 Å². The van der Waals surface area contributed by atoms with E-state index in [-0.39, 0.29) is 29.6 Å². The number of nitrogens with zero attached hydrogens (tertiary/aromatic N) is 1.